The molecule has 0 amide bonds. The Kier molecular flexibility index (Phi) is 4.93. The van der Waals surface area contributed by atoms with Gasteiger partial charge in [-0.25, -0.2) is 4.79 Å². The van der Waals surface area contributed by atoms with E-state index in [1.54, 1.807) is 26.8 Å². The van der Waals surface area contributed by atoms with Crippen LogP contribution in [0.25, 0.3) is 0 Å². The third-order valence-electron chi connectivity index (χ3n) is 3.80. The highest BCUT2D eigenvalue weighted by Gasteiger charge is 2.49. The molecule has 0 saturated heterocycles. The maximum Gasteiger partial charge on any atom is 0.330 e. The summed E-state index contributed by atoms with van der Waals surface area (Å²) in [5, 5.41) is 10.9. The summed E-state index contributed by atoms with van der Waals surface area (Å²) in [6.45, 7) is 5.04. The van der Waals surface area contributed by atoms with Crippen LogP contribution in [0.3, 0.4) is 0 Å². The Morgan fingerprint density at radius 2 is 2.19 bits per heavy atom. The predicted octanol–water partition coefficient (Wildman–Crippen LogP) is 1.95. The van der Waals surface area contributed by atoms with E-state index in [1.165, 1.54) is 25.3 Å². The van der Waals surface area contributed by atoms with Crippen molar-refractivity contribution in [2.75, 3.05) is 7.11 Å². The number of terminal acetylenes is 1. The van der Waals surface area contributed by atoms with Gasteiger partial charge >= 0.3 is 5.97 Å². The lowest BCUT2D eigenvalue weighted by Crippen LogP contribution is -2.49. The molecule has 0 spiro atoms. The standard InChI is InChI=1S/C17H20O4/c1-6-16(4)11-14(18)10-13(3)17(16,20)8-7-12(2)9-15(19)21-5/h1,7-10,20H,11H2,2-5H3/b8-7+,12-9-/t16-,17+/m1/s1. The maximum absolute atomic E-state index is 11.7. The van der Waals surface area contributed by atoms with Crippen LogP contribution in [-0.4, -0.2) is 29.6 Å². The van der Waals surface area contributed by atoms with E-state index in [-0.39, 0.29) is 12.2 Å². The van der Waals surface area contributed by atoms with Crippen molar-refractivity contribution in [2.45, 2.75) is 32.8 Å². The summed E-state index contributed by atoms with van der Waals surface area (Å²) in [5.74, 6) is 1.95. The van der Waals surface area contributed by atoms with E-state index in [1.807, 2.05) is 0 Å². The monoisotopic (exact) mass is 288 g/mol. The number of hydrogen-bond donors (Lipinski definition) is 1. The molecule has 0 aromatic rings. The van der Waals surface area contributed by atoms with Gasteiger partial charge in [-0.2, -0.15) is 0 Å². The molecule has 0 unspecified atom stereocenters. The van der Waals surface area contributed by atoms with Crippen molar-refractivity contribution in [3.8, 4) is 12.3 Å². The predicted molar refractivity (Wildman–Crippen MR) is 80.2 cm³/mol. The fourth-order valence-corrected chi connectivity index (χ4v) is 2.34. The average molecular weight is 288 g/mol. The summed E-state index contributed by atoms with van der Waals surface area (Å²) in [4.78, 5) is 22.8. The van der Waals surface area contributed by atoms with Gasteiger partial charge in [-0.3, -0.25) is 4.79 Å². The molecule has 1 aliphatic rings. The highest BCUT2D eigenvalue weighted by Crippen LogP contribution is 2.44. The third kappa shape index (κ3) is 3.32. The minimum absolute atomic E-state index is 0.0709. The van der Waals surface area contributed by atoms with E-state index >= 15 is 0 Å². The molecule has 112 valence electrons. The first-order valence-corrected chi connectivity index (χ1v) is 6.56. The molecular formula is C17H20O4. The lowest BCUT2D eigenvalue weighted by Gasteiger charge is -2.42. The van der Waals surface area contributed by atoms with Crippen LogP contribution in [0.15, 0.2) is 35.5 Å². The fraction of sp³-hybridized carbons (Fsp3) is 0.412. The van der Waals surface area contributed by atoms with Crippen LogP contribution in [0.2, 0.25) is 0 Å². The summed E-state index contributed by atoms with van der Waals surface area (Å²) in [6.07, 6.45) is 11.4. The molecule has 0 heterocycles. The smallest absolute Gasteiger partial charge is 0.330 e. The minimum atomic E-state index is -1.43. The van der Waals surface area contributed by atoms with Crippen molar-refractivity contribution >= 4 is 11.8 Å². The molecule has 0 radical (unpaired) electrons. The number of hydrogen-bond acceptors (Lipinski definition) is 4. The molecule has 0 aromatic heterocycles. The van der Waals surface area contributed by atoms with Crippen LogP contribution in [0.1, 0.15) is 27.2 Å². The molecule has 0 fully saturated rings. The molecule has 4 nitrogen and oxygen atoms in total. The molecule has 0 aliphatic heterocycles. The summed E-state index contributed by atoms with van der Waals surface area (Å²) in [5.41, 5.74) is -1.35. The highest BCUT2D eigenvalue weighted by atomic mass is 16.5. The molecule has 1 aliphatic carbocycles. The van der Waals surface area contributed by atoms with Crippen molar-refractivity contribution in [2.24, 2.45) is 5.41 Å². The van der Waals surface area contributed by atoms with E-state index in [2.05, 4.69) is 10.7 Å². The average Bonchev–Trinajstić information content (AvgIpc) is 2.42. The van der Waals surface area contributed by atoms with Crippen LogP contribution in [0.4, 0.5) is 0 Å². The van der Waals surface area contributed by atoms with E-state index in [9.17, 15) is 14.7 Å². The third-order valence-corrected chi connectivity index (χ3v) is 3.80. The number of methoxy groups -OCH3 is 1. The number of rotatable bonds is 3. The Bertz CT molecular complexity index is 588. The van der Waals surface area contributed by atoms with Crippen molar-refractivity contribution < 1.29 is 19.4 Å². The molecule has 4 heteroatoms. The van der Waals surface area contributed by atoms with Crippen molar-refractivity contribution in [3.05, 3.63) is 35.5 Å². The molecule has 1 rings (SSSR count). The second kappa shape index (κ2) is 6.11. The van der Waals surface area contributed by atoms with Crippen LogP contribution in [0.5, 0.6) is 0 Å². The largest absolute Gasteiger partial charge is 0.466 e. The van der Waals surface area contributed by atoms with Gasteiger partial charge < -0.3 is 9.84 Å². The Morgan fingerprint density at radius 3 is 2.71 bits per heavy atom. The quantitative estimate of drug-likeness (QED) is 0.373. The molecule has 0 aromatic carbocycles. The van der Waals surface area contributed by atoms with Crippen LogP contribution in [0, 0.1) is 17.8 Å². The summed E-state index contributed by atoms with van der Waals surface area (Å²) >= 11 is 0. The lowest BCUT2D eigenvalue weighted by molar-refractivity contribution is -0.134. The molecular weight excluding hydrogens is 268 g/mol. The number of ether oxygens (including phenoxy) is 1. The number of allylic oxidation sites excluding steroid dienone is 3. The molecule has 21 heavy (non-hydrogen) atoms. The zero-order chi connectivity index (χ0) is 16.3. The highest BCUT2D eigenvalue weighted by molar-refractivity contribution is 5.93. The first kappa shape index (κ1) is 16.9. The Balaban J connectivity index is 3.21. The van der Waals surface area contributed by atoms with Gasteiger partial charge in [0.05, 0.1) is 12.5 Å². The number of aliphatic hydroxyl groups is 1. The van der Waals surface area contributed by atoms with Gasteiger partial charge in [0, 0.05) is 12.5 Å². The van der Waals surface area contributed by atoms with Gasteiger partial charge in [0.2, 0.25) is 0 Å². The van der Waals surface area contributed by atoms with Gasteiger partial charge in [0.1, 0.15) is 5.60 Å². The van der Waals surface area contributed by atoms with Crippen molar-refractivity contribution in [1.29, 1.82) is 0 Å². The van der Waals surface area contributed by atoms with Crippen molar-refractivity contribution in [3.63, 3.8) is 0 Å². The van der Waals surface area contributed by atoms with Gasteiger partial charge in [-0.15, -0.1) is 6.42 Å². The van der Waals surface area contributed by atoms with Gasteiger partial charge in [-0.05, 0) is 44.1 Å². The number of carbonyl (C=O) groups excluding carboxylic acids is 2. The summed E-state index contributed by atoms with van der Waals surface area (Å²) < 4.78 is 4.54. The minimum Gasteiger partial charge on any atom is -0.466 e. The van der Waals surface area contributed by atoms with Crippen molar-refractivity contribution in [1.82, 2.24) is 0 Å². The maximum atomic E-state index is 11.7. The number of carbonyl (C=O) groups is 2. The number of esters is 1. The Hall–Kier alpha value is -2.12. The Labute approximate surface area is 125 Å². The van der Waals surface area contributed by atoms with E-state index in [0.29, 0.717) is 11.1 Å². The van der Waals surface area contributed by atoms with Gasteiger partial charge in [-0.1, -0.05) is 12.0 Å². The van der Waals surface area contributed by atoms with Crippen LogP contribution < -0.4 is 0 Å². The van der Waals surface area contributed by atoms with E-state index in [4.69, 9.17) is 6.42 Å². The zero-order valence-corrected chi connectivity index (χ0v) is 12.8. The van der Waals surface area contributed by atoms with Gasteiger partial charge in [0.25, 0.3) is 0 Å². The van der Waals surface area contributed by atoms with E-state index in [0.717, 1.165) is 0 Å². The van der Waals surface area contributed by atoms with Gasteiger partial charge in [0.15, 0.2) is 5.78 Å². The normalized spacial score (nSPS) is 30.0. The van der Waals surface area contributed by atoms with Crippen LogP contribution >= 0.6 is 0 Å². The topological polar surface area (TPSA) is 63.6 Å². The summed E-state index contributed by atoms with van der Waals surface area (Å²) in [7, 11) is 1.29. The first-order valence-electron chi connectivity index (χ1n) is 6.56. The lowest BCUT2D eigenvalue weighted by atomic mass is 9.64. The SMILES string of the molecule is C#C[C@]1(C)CC(=O)C=C(C)[C@@]1(O)/C=C/C(C)=C\C(=O)OC. The molecule has 2 atom stereocenters. The zero-order valence-electron chi connectivity index (χ0n) is 12.8. The van der Waals surface area contributed by atoms with Crippen LogP contribution in [-0.2, 0) is 14.3 Å². The number of ketones is 1. The fourth-order valence-electron chi connectivity index (χ4n) is 2.34. The molecule has 0 bridgehead atoms. The Morgan fingerprint density at radius 1 is 1.57 bits per heavy atom. The molecule has 1 N–H and O–H groups in total. The summed E-state index contributed by atoms with van der Waals surface area (Å²) in [6, 6.07) is 0. The van der Waals surface area contributed by atoms with E-state index < -0.39 is 17.0 Å². The second-order valence-corrected chi connectivity index (χ2v) is 5.46. The first-order chi connectivity index (χ1) is 9.68. The second-order valence-electron chi connectivity index (χ2n) is 5.46. The molecule has 0 saturated carbocycles.